The lowest BCUT2D eigenvalue weighted by Gasteiger charge is -2.10. The highest BCUT2D eigenvalue weighted by Gasteiger charge is 2.23. The molecule has 0 aliphatic rings. The fourth-order valence-electron chi connectivity index (χ4n) is 2.43. The van der Waals surface area contributed by atoms with Gasteiger partial charge in [0.05, 0.1) is 6.61 Å². The van der Waals surface area contributed by atoms with Crippen LogP contribution in [0.2, 0.25) is 0 Å². The van der Waals surface area contributed by atoms with Gasteiger partial charge in [0.1, 0.15) is 16.4 Å². The van der Waals surface area contributed by atoms with E-state index in [0.717, 1.165) is 11.5 Å². The first kappa shape index (κ1) is 17.6. The molecule has 1 N–H and O–H groups in total. The van der Waals surface area contributed by atoms with Crippen molar-refractivity contribution >= 4 is 10.0 Å². The molecular weight excluding hydrogens is 320 g/mol. The normalized spacial score (nSPS) is 12.0. The predicted molar refractivity (Wildman–Crippen MR) is 83.7 cm³/mol. The van der Waals surface area contributed by atoms with Gasteiger partial charge >= 0.3 is 0 Å². The van der Waals surface area contributed by atoms with Crippen molar-refractivity contribution in [3.63, 3.8) is 0 Å². The number of aromatic nitrogens is 3. The van der Waals surface area contributed by atoms with Crippen molar-refractivity contribution in [2.45, 2.75) is 38.6 Å². The van der Waals surface area contributed by atoms with Gasteiger partial charge < -0.3 is 13.8 Å². The molecule has 9 heteroatoms. The van der Waals surface area contributed by atoms with Crippen LogP contribution in [0.4, 0.5) is 0 Å². The molecule has 0 aromatic carbocycles. The molecule has 2 heterocycles. The van der Waals surface area contributed by atoms with Crippen molar-refractivity contribution < 1.29 is 17.7 Å². The number of sulfonamides is 1. The summed E-state index contributed by atoms with van der Waals surface area (Å²) < 4.78 is 39.2. The first-order chi connectivity index (χ1) is 10.9. The van der Waals surface area contributed by atoms with Crippen LogP contribution in [0.15, 0.2) is 15.6 Å². The molecule has 128 valence electrons. The number of methoxy groups -OCH3 is 1. The van der Waals surface area contributed by atoms with E-state index in [-0.39, 0.29) is 17.2 Å². The van der Waals surface area contributed by atoms with Crippen molar-refractivity contribution in [1.29, 1.82) is 0 Å². The van der Waals surface area contributed by atoms with Crippen molar-refractivity contribution in [2.75, 3.05) is 20.3 Å². The molecule has 8 nitrogen and oxygen atoms in total. The topological polar surface area (TPSA) is 99.2 Å². The van der Waals surface area contributed by atoms with Crippen molar-refractivity contribution in [3.05, 3.63) is 29.2 Å². The SMILES string of the molecule is COCCn1c(C)cnc1CCNS(=O)(=O)c1c(C)noc1C. The molecule has 0 bridgehead atoms. The Labute approximate surface area is 135 Å². The summed E-state index contributed by atoms with van der Waals surface area (Å²) >= 11 is 0. The van der Waals surface area contributed by atoms with E-state index in [1.165, 1.54) is 0 Å². The van der Waals surface area contributed by atoms with E-state index in [1.807, 2.05) is 11.5 Å². The van der Waals surface area contributed by atoms with Crippen LogP contribution in [0.1, 0.15) is 23.0 Å². The molecule has 2 rings (SSSR count). The summed E-state index contributed by atoms with van der Waals surface area (Å²) in [5.41, 5.74) is 1.37. The number of hydrogen-bond acceptors (Lipinski definition) is 6. The molecule has 0 radical (unpaired) electrons. The first-order valence-electron chi connectivity index (χ1n) is 7.29. The summed E-state index contributed by atoms with van der Waals surface area (Å²) in [7, 11) is -2.00. The average molecular weight is 342 g/mol. The minimum absolute atomic E-state index is 0.108. The minimum Gasteiger partial charge on any atom is -0.383 e. The zero-order chi connectivity index (χ0) is 17.0. The fourth-order valence-corrected chi connectivity index (χ4v) is 3.78. The lowest BCUT2D eigenvalue weighted by Crippen LogP contribution is -2.27. The Morgan fingerprint density at radius 1 is 1.35 bits per heavy atom. The summed E-state index contributed by atoms with van der Waals surface area (Å²) in [4.78, 5) is 4.44. The van der Waals surface area contributed by atoms with E-state index >= 15 is 0 Å². The quantitative estimate of drug-likeness (QED) is 0.767. The van der Waals surface area contributed by atoms with Gasteiger partial charge in [0, 0.05) is 38.5 Å². The number of aryl methyl sites for hydroxylation is 3. The third-order valence-corrected chi connectivity index (χ3v) is 5.24. The zero-order valence-corrected chi connectivity index (χ0v) is 14.6. The Morgan fingerprint density at radius 3 is 2.70 bits per heavy atom. The largest absolute Gasteiger partial charge is 0.383 e. The maximum Gasteiger partial charge on any atom is 0.245 e. The Balaban J connectivity index is 2.03. The standard InChI is InChI=1S/C14H22N4O4S/c1-10-9-15-13(18(10)7-8-21-4)5-6-16-23(19,20)14-11(2)17-22-12(14)3/h9,16H,5-8H2,1-4H3. The van der Waals surface area contributed by atoms with Gasteiger partial charge in [-0.25, -0.2) is 18.1 Å². The number of nitrogens with zero attached hydrogens (tertiary/aromatic N) is 3. The van der Waals surface area contributed by atoms with Gasteiger partial charge in [-0.1, -0.05) is 5.16 Å². The second-order valence-corrected chi connectivity index (χ2v) is 6.97. The lowest BCUT2D eigenvalue weighted by molar-refractivity contribution is 0.185. The summed E-state index contributed by atoms with van der Waals surface area (Å²) in [5, 5.41) is 3.68. The van der Waals surface area contributed by atoms with Crippen molar-refractivity contribution in [2.24, 2.45) is 0 Å². The Bertz CT molecular complexity index is 744. The number of nitrogens with one attached hydrogen (secondary N) is 1. The van der Waals surface area contributed by atoms with Gasteiger partial charge in [-0.05, 0) is 20.8 Å². The maximum absolute atomic E-state index is 12.3. The van der Waals surface area contributed by atoms with Gasteiger partial charge in [-0.2, -0.15) is 0 Å². The molecule has 0 fully saturated rings. The fraction of sp³-hybridized carbons (Fsp3) is 0.571. The highest BCUT2D eigenvalue weighted by Crippen LogP contribution is 2.18. The van der Waals surface area contributed by atoms with Gasteiger partial charge in [0.15, 0.2) is 5.76 Å². The number of hydrogen-bond donors (Lipinski definition) is 1. The zero-order valence-electron chi connectivity index (χ0n) is 13.8. The Morgan fingerprint density at radius 2 is 2.09 bits per heavy atom. The summed E-state index contributed by atoms with van der Waals surface area (Å²) in [6, 6.07) is 0. The summed E-state index contributed by atoms with van der Waals surface area (Å²) in [6.45, 7) is 6.65. The molecule has 0 unspecified atom stereocenters. The van der Waals surface area contributed by atoms with Crippen molar-refractivity contribution in [1.82, 2.24) is 19.4 Å². The van der Waals surface area contributed by atoms with E-state index in [2.05, 4.69) is 14.9 Å². The summed E-state index contributed by atoms with van der Waals surface area (Å²) in [5.74, 6) is 1.11. The molecule has 0 amide bonds. The molecule has 0 aliphatic carbocycles. The van der Waals surface area contributed by atoms with E-state index in [4.69, 9.17) is 9.26 Å². The molecule has 2 aromatic heterocycles. The number of ether oxygens (including phenoxy) is 1. The van der Waals surface area contributed by atoms with E-state index < -0.39 is 10.0 Å². The van der Waals surface area contributed by atoms with Gasteiger partial charge in [-0.15, -0.1) is 0 Å². The lowest BCUT2D eigenvalue weighted by atomic mass is 10.4. The Hall–Kier alpha value is -1.71. The molecule has 0 saturated heterocycles. The van der Waals surface area contributed by atoms with E-state index in [9.17, 15) is 8.42 Å². The molecule has 0 spiro atoms. The third kappa shape index (κ3) is 3.98. The van der Waals surface area contributed by atoms with Gasteiger partial charge in [0.25, 0.3) is 0 Å². The molecule has 0 aliphatic heterocycles. The molecule has 0 atom stereocenters. The second-order valence-electron chi connectivity index (χ2n) is 5.26. The van der Waals surface area contributed by atoms with Crippen LogP contribution in [0.3, 0.4) is 0 Å². The highest BCUT2D eigenvalue weighted by atomic mass is 32.2. The first-order valence-corrected chi connectivity index (χ1v) is 8.77. The monoisotopic (exact) mass is 342 g/mol. The molecular formula is C14H22N4O4S. The maximum atomic E-state index is 12.3. The molecule has 23 heavy (non-hydrogen) atoms. The summed E-state index contributed by atoms with van der Waals surface area (Å²) in [6.07, 6.45) is 2.26. The average Bonchev–Trinajstić information content (AvgIpc) is 3.00. The third-order valence-electron chi connectivity index (χ3n) is 3.53. The second kappa shape index (κ2) is 7.24. The number of imidazole rings is 1. The van der Waals surface area contributed by atoms with Gasteiger partial charge in [-0.3, -0.25) is 0 Å². The predicted octanol–water partition coefficient (Wildman–Crippen LogP) is 0.964. The van der Waals surface area contributed by atoms with Crippen LogP contribution < -0.4 is 4.72 Å². The minimum atomic E-state index is -3.64. The Kier molecular flexibility index (Phi) is 5.55. The van der Waals surface area contributed by atoms with Crippen LogP contribution in [0, 0.1) is 20.8 Å². The smallest absolute Gasteiger partial charge is 0.245 e. The highest BCUT2D eigenvalue weighted by molar-refractivity contribution is 7.89. The van der Waals surface area contributed by atoms with Crippen LogP contribution in [0.5, 0.6) is 0 Å². The molecule has 2 aromatic rings. The van der Waals surface area contributed by atoms with Crippen LogP contribution in [-0.2, 0) is 27.7 Å². The van der Waals surface area contributed by atoms with Crippen LogP contribution in [0.25, 0.3) is 0 Å². The van der Waals surface area contributed by atoms with Gasteiger partial charge in [0.2, 0.25) is 10.0 Å². The van der Waals surface area contributed by atoms with Crippen LogP contribution in [-0.4, -0.2) is 43.4 Å². The number of rotatable bonds is 8. The van der Waals surface area contributed by atoms with Crippen molar-refractivity contribution in [3.8, 4) is 0 Å². The van der Waals surface area contributed by atoms with Crippen LogP contribution >= 0.6 is 0 Å². The van der Waals surface area contributed by atoms with E-state index in [1.54, 1.807) is 27.2 Å². The van der Waals surface area contributed by atoms with E-state index in [0.29, 0.717) is 25.3 Å². The molecule has 0 saturated carbocycles.